The highest BCUT2D eigenvalue weighted by molar-refractivity contribution is 5.95. The molecule has 0 unspecified atom stereocenters. The van der Waals surface area contributed by atoms with Crippen molar-refractivity contribution < 1.29 is 14.3 Å². The van der Waals surface area contributed by atoms with E-state index in [0.717, 1.165) is 12.2 Å². The lowest BCUT2D eigenvalue weighted by Gasteiger charge is -2.36. The SMILES string of the molecule is COC(=O)c1ccccc1N1CCN(C(=O)NCCN(C)C)CC1. The average molecular weight is 334 g/mol. The van der Waals surface area contributed by atoms with Gasteiger partial charge in [-0.15, -0.1) is 0 Å². The van der Waals surface area contributed by atoms with Gasteiger partial charge in [-0.05, 0) is 26.2 Å². The van der Waals surface area contributed by atoms with Gasteiger partial charge in [0.2, 0.25) is 0 Å². The molecule has 0 spiro atoms. The topological polar surface area (TPSA) is 65.1 Å². The number of anilines is 1. The molecule has 7 heteroatoms. The van der Waals surface area contributed by atoms with Crippen molar-refractivity contribution in [3.63, 3.8) is 0 Å². The number of carbonyl (C=O) groups excluding carboxylic acids is 2. The zero-order valence-electron chi connectivity index (χ0n) is 14.6. The van der Waals surface area contributed by atoms with E-state index >= 15 is 0 Å². The Bertz CT molecular complexity index is 569. The maximum absolute atomic E-state index is 12.1. The van der Waals surface area contributed by atoms with Gasteiger partial charge in [0.15, 0.2) is 0 Å². The lowest BCUT2D eigenvalue weighted by atomic mass is 10.1. The van der Waals surface area contributed by atoms with E-state index in [1.165, 1.54) is 7.11 Å². The van der Waals surface area contributed by atoms with Crippen molar-refractivity contribution in [3.05, 3.63) is 29.8 Å². The van der Waals surface area contributed by atoms with Crippen molar-refractivity contribution in [1.82, 2.24) is 15.1 Å². The number of ether oxygens (including phenoxy) is 1. The van der Waals surface area contributed by atoms with Crippen LogP contribution in [0.1, 0.15) is 10.4 Å². The van der Waals surface area contributed by atoms with Gasteiger partial charge in [-0.2, -0.15) is 0 Å². The fourth-order valence-electron chi connectivity index (χ4n) is 2.68. The molecule has 1 aliphatic heterocycles. The molecule has 1 saturated heterocycles. The van der Waals surface area contributed by atoms with Crippen molar-refractivity contribution in [1.29, 1.82) is 0 Å². The standard InChI is InChI=1S/C17H26N4O3/c1-19(2)9-8-18-17(23)21-12-10-20(11-13-21)15-7-5-4-6-14(15)16(22)24-3/h4-7H,8-13H2,1-3H3,(H,18,23). The molecule has 0 aromatic heterocycles. The van der Waals surface area contributed by atoms with Crippen LogP contribution in [0.25, 0.3) is 0 Å². The quantitative estimate of drug-likeness (QED) is 0.810. The Morgan fingerprint density at radius 1 is 1.17 bits per heavy atom. The number of amides is 2. The van der Waals surface area contributed by atoms with Crippen molar-refractivity contribution in [2.24, 2.45) is 0 Å². The third-order valence-corrected chi connectivity index (χ3v) is 4.05. The summed E-state index contributed by atoms with van der Waals surface area (Å²) in [6.45, 7) is 4.09. The first kappa shape index (κ1) is 18.1. The van der Waals surface area contributed by atoms with E-state index in [2.05, 4.69) is 10.2 Å². The maximum atomic E-state index is 12.1. The third kappa shape index (κ3) is 4.61. The van der Waals surface area contributed by atoms with E-state index in [1.807, 2.05) is 42.1 Å². The van der Waals surface area contributed by atoms with Crippen molar-refractivity contribution in [2.45, 2.75) is 0 Å². The molecular formula is C17H26N4O3. The van der Waals surface area contributed by atoms with Gasteiger partial charge >= 0.3 is 12.0 Å². The van der Waals surface area contributed by atoms with Crippen LogP contribution in [-0.4, -0.2) is 82.3 Å². The van der Waals surface area contributed by atoms with Gasteiger partial charge in [0.25, 0.3) is 0 Å². The Balaban J connectivity index is 1.91. The summed E-state index contributed by atoms with van der Waals surface area (Å²) >= 11 is 0. The molecule has 1 N–H and O–H groups in total. The third-order valence-electron chi connectivity index (χ3n) is 4.05. The number of hydrogen-bond donors (Lipinski definition) is 1. The summed E-state index contributed by atoms with van der Waals surface area (Å²) in [6, 6.07) is 7.38. The Morgan fingerprint density at radius 3 is 2.46 bits per heavy atom. The molecule has 132 valence electrons. The van der Waals surface area contributed by atoms with Gasteiger partial charge in [-0.1, -0.05) is 12.1 Å². The lowest BCUT2D eigenvalue weighted by Crippen LogP contribution is -2.52. The number of urea groups is 1. The molecule has 0 radical (unpaired) electrons. The van der Waals surface area contributed by atoms with Crippen LogP contribution in [0.3, 0.4) is 0 Å². The highest BCUT2D eigenvalue weighted by Crippen LogP contribution is 2.22. The number of esters is 1. The smallest absolute Gasteiger partial charge is 0.339 e. The number of carbonyl (C=O) groups is 2. The summed E-state index contributed by atoms with van der Waals surface area (Å²) in [5.41, 5.74) is 1.42. The Morgan fingerprint density at radius 2 is 1.83 bits per heavy atom. The molecule has 0 atom stereocenters. The first-order valence-electron chi connectivity index (χ1n) is 8.12. The second kappa shape index (κ2) is 8.54. The number of nitrogens with zero attached hydrogens (tertiary/aromatic N) is 3. The second-order valence-electron chi connectivity index (χ2n) is 6.02. The van der Waals surface area contributed by atoms with E-state index in [0.29, 0.717) is 38.3 Å². The Labute approximate surface area is 143 Å². The van der Waals surface area contributed by atoms with Gasteiger partial charge < -0.3 is 24.8 Å². The Hall–Kier alpha value is -2.28. The fraction of sp³-hybridized carbons (Fsp3) is 0.529. The first-order valence-corrected chi connectivity index (χ1v) is 8.12. The molecule has 0 saturated carbocycles. The highest BCUT2D eigenvalue weighted by atomic mass is 16.5. The minimum absolute atomic E-state index is 0.0299. The summed E-state index contributed by atoms with van der Waals surface area (Å²) in [5, 5.41) is 2.93. The maximum Gasteiger partial charge on any atom is 0.339 e. The summed E-state index contributed by atoms with van der Waals surface area (Å²) in [7, 11) is 5.34. The van der Waals surface area contributed by atoms with Crippen molar-refractivity contribution >= 4 is 17.7 Å². The number of benzene rings is 1. The molecule has 1 fully saturated rings. The number of rotatable bonds is 5. The van der Waals surface area contributed by atoms with Crippen LogP contribution in [0.15, 0.2) is 24.3 Å². The number of para-hydroxylation sites is 1. The van der Waals surface area contributed by atoms with E-state index in [4.69, 9.17) is 4.74 Å². The zero-order chi connectivity index (χ0) is 17.5. The molecule has 2 rings (SSSR count). The minimum Gasteiger partial charge on any atom is -0.465 e. The fourth-order valence-corrected chi connectivity index (χ4v) is 2.68. The van der Waals surface area contributed by atoms with Gasteiger partial charge in [-0.3, -0.25) is 0 Å². The molecule has 1 aromatic rings. The van der Waals surface area contributed by atoms with Crippen LogP contribution in [-0.2, 0) is 4.74 Å². The van der Waals surface area contributed by atoms with Gasteiger partial charge in [-0.25, -0.2) is 9.59 Å². The second-order valence-corrected chi connectivity index (χ2v) is 6.02. The molecule has 0 aliphatic carbocycles. The van der Waals surface area contributed by atoms with Crippen molar-refractivity contribution in [3.8, 4) is 0 Å². The van der Waals surface area contributed by atoms with Crippen molar-refractivity contribution in [2.75, 3.05) is 65.4 Å². The van der Waals surface area contributed by atoms with Crippen LogP contribution in [0.5, 0.6) is 0 Å². The number of nitrogens with one attached hydrogen (secondary N) is 1. The molecule has 7 nitrogen and oxygen atoms in total. The monoisotopic (exact) mass is 334 g/mol. The summed E-state index contributed by atoms with van der Waals surface area (Å²) < 4.78 is 4.85. The largest absolute Gasteiger partial charge is 0.465 e. The van der Waals surface area contributed by atoms with E-state index in [-0.39, 0.29) is 12.0 Å². The minimum atomic E-state index is -0.338. The van der Waals surface area contributed by atoms with Crippen LogP contribution in [0.4, 0.5) is 10.5 Å². The van der Waals surface area contributed by atoms with Gasteiger partial charge in [0, 0.05) is 39.3 Å². The van der Waals surface area contributed by atoms with Crippen LogP contribution < -0.4 is 10.2 Å². The summed E-state index contributed by atoms with van der Waals surface area (Å²) in [4.78, 5) is 30.0. The zero-order valence-corrected chi connectivity index (χ0v) is 14.6. The predicted octanol–water partition coefficient (Wildman–Crippen LogP) is 0.866. The van der Waals surface area contributed by atoms with Gasteiger partial charge in [0.05, 0.1) is 18.4 Å². The van der Waals surface area contributed by atoms with Crippen LogP contribution in [0, 0.1) is 0 Å². The first-order chi connectivity index (χ1) is 11.5. The number of likely N-dealkylation sites (N-methyl/N-ethyl adjacent to an activating group) is 1. The normalized spacial score (nSPS) is 14.7. The van der Waals surface area contributed by atoms with E-state index in [9.17, 15) is 9.59 Å². The molecule has 24 heavy (non-hydrogen) atoms. The van der Waals surface area contributed by atoms with Gasteiger partial charge in [0.1, 0.15) is 0 Å². The lowest BCUT2D eigenvalue weighted by molar-refractivity contribution is 0.0601. The average Bonchev–Trinajstić information content (AvgIpc) is 2.60. The summed E-state index contributed by atoms with van der Waals surface area (Å²) in [6.07, 6.45) is 0. The van der Waals surface area contributed by atoms with Crippen LogP contribution >= 0.6 is 0 Å². The summed E-state index contributed by atoms with van der Waals surface area (Å²) in [5.74, 6) is -0.338. The Kier molecular flexibility index (Phi) is 6.43. The number of hydrogen-bond acceptors (Lipinski definition) is 5. The molecule has 1 aromatic carbocycles. The number of methoxy groups -OCH3 is 1. The van der Waals surface area contributed by atoms with Crippen LogP contribution in [0.2, 0.25) is 0 Å². The molecule has 1 heterocycles. The van der Waals surface area contributed by atoms with E-state index in [1.54, 1.807) is 6.07 Å². The van der Waals surface area contributed by atoms with E-state index < -0.39 is 0 Å². The molecular weight excluding hydrogens is 308 g/mol. The molecule has 0 bridgehead atoms. The molecule has 2 amide bonds. The molecule has 1 aliphatic rings. The predicted molar refractivity (Wildman–Crippen MR) is 93.5 cm³/mol. The highest BCUT2D eigenvalue weighted by Gasteiger charge is 2.23. The number of piperazine rings is 1.